The van der Waals surface area contributed by atoms with Crippen molar-refractivity contribution in [1.29, 1.82) is 0 Å². The lowest BCUT2D eigenvalue weighted by Crippen LogP contribution is -2.24. The minimum atomic E-state index is 0.470. The van der Waals surface area contributed by atoms with E-state index in [1.165, 1.54) is 24.0 Å². The molecular formula is C16H20ClN3. The molecular weight excluding hydrogens is 270 g/mol. The summed E-state index contributed by atoms with van der Waals surface area (Å²) >= 11 is 5.99. The molecule has 1 aliphatic carbocycles. The van der Waals surface area contributed by atoms with Gasteiger partial charge in [-0.1, -0.05) is 23.7 Å². The number of halogens is 1. The molecule has 1 aromatic heterocycles. The molecule has 1 atom stereocenters. The molecule has 0 aliphatic heterocycles. The van der Waals surface area contributed by atoms with E-state index >= 15 is 0 Å². The molecule has 0 radical (unpaired) electrons. The van der Waals surface area contributed by atoms with Gasteiger partial charge in [-0.15, -0.1) is 0 Å². The van der Waals surface area contributed by atoms with Gasteiger partial charge in [0.25, 0.3) is 0 Å². The molecule has 1 heterocycles. The summed E-state index contributed by atoms with van der Waals surface area (Å²) in [7, 11) is 1.96. The van der Waals surface area contributed by atoms with Crippen LogP contribution in [-0.4, -0.2) is 22.4 Å². The first-order valence-electron chi connectivity index (χ1n) is 7.17. The van der Waals surface area contributed by atoms with Gasteiger partial charge in [0.15, 0.2) is 0 Å². The maximum atomic E-state index is 5.99. The fraction of sp³-hybridized carbons (Fsp3) is 0.438. The summed E-state index contributed by atoms with van der Waals surface area (Å²) in [5, 5.41) is 8.69. The van der Waals surface area contributed by atoms with E-state index in [2.05, 4.69) is 28.7 Å². The molecule has 3 nitrogen and oxygen atoms in total. The molecule has 0 bridgehead atoms. The Kier molecular flexibility index (Phi) is 4.08. The molecule has 0 spiro atoms. The lowest BCUT2D eigenvalue weighted by atomic mass is 9.93. The van der Waals surface area contributed by atoms with E-state index in [4.69, 9.17) is 11.6 Å². The highest BCUT2D eigenvalue weighted by Gasteiger charge is 2.22. The largest absolute Gasteiger partial charge is 0.313 e. The topological polar surface area (TPSA) is 29.9 Å². The smallest absolute Gasteiger partial charge is 0.0521 e. The number of aryl methyl sites for hydroxylation is 1. The van der Waals surface area contributed by atoms with E-state index in [1.54, 1.807) is 0 Å². The Labute approximate surface area is 124 Å². The van der Waals surface area contributed by atoms with Crippen LogP contribution in [0, 0.1) is 0 Å². The highest BCUT2D eigenvalue weighted by Crippen LogP contribution is 2.25. The second kappa shape index (κ2) is 5.98. The maximum absolute atomic E-state index is 5.99. The van der Waals surface area contributed by atoms with Gasteiger partial charge < -0.3 is 5.32 Å². The zero-order valence-electron chi connectivity index (χ0n) is 11.7. The van der Waals surface area contributed by atoms with Crippen LogP contribution < -0.4 is 5.32 Å². The molecule has 0 saturated heterocycles. The van der Waals surface area contributed by atoms with Crippen LogP contribution in [0.1, 0.15) is 29.9 Å². The first-order valence-corrected chi connectivity index (χ1v) is 7.55. The number of hydrogen-bond acceptors (Lipinski definition) is 2. The van der Waals surface area contributed by atoms with Crippen molar-refractivity contribution in [3.8, 4) is 0 Å². The predicted octanol–water partition coefficient (Wildman–Crippen LogP) is 3.15. The fourth-order valence-electron chi connectivity index (χ4n) is 2.50. The number of rotatable bonds is 6. The minimum Gasteiger partial charge on any atom is -0.313 e. The summed E-state index contributed by atoms with van der Waals surface area (Å²) in [6.45, 7) is 1.02. The highest BCUT2D eigenvalue weighted by atomic mass is 35.5. The number of nitrogens with zero attached hydrogens (tertiary/aromatic N) is 2. The van der Waals surface area contributed by atoms with E-state index < -0.39 is 0 Å². The van der Waals surface area contributed by atoms with Gasteiger partial charge in [0.05, 0.1) is 6.20 Å². The van der Waals surface area contributed by atoms with E-state index in [-0.39, 0.29) is 0 Å². The standard InChI is InChI=1S/C16H20ClN3/c1-20-11-12(9-19-20)8-14(10-18-16-6-7-16)13-2-4-15(17)5-3-13/h2-5,9,11,14,16,18H,6-8,10H2,1H3. The molecule has 3 rings (SSSR count). The predicted molar refractivity (Wildman–Crippen MR) is 82.1 cm³/mol. The van der Waals surface area contributed by atoms with Crippen LogP contribution >= 0.6 is 11.6 Å². The molecule has 1 aromatic carbocycles. The molecule has 1 N–H and O–H groups in total. The second-order valence-electron chi connectivity index (χ2n) is 5.66. The van der Waals surface area contributed by atoms with Crippen molar-refractivity contribution in [2.75, 3.05) is 6.54 Å². The van der Waals surface area contributed by atoms with Gasteiger partial charge in [0.2, 0.25) is 0 Å². The van der Waals surface area contributed by atoms with Gasteiger partial charge >= 0.3 is 0 Å². The zero-order valence-corrected chi connectivity index (χ0v) is 12.5. The van der Waals surface area contributed by atoms with Crippen molar-refractivity contribution in [2.45, 2.75) is 31.2 Å². The monoisotopic (exact) mass is 289 g/mol. The molecule has 20 heavy (non-hydrogen) atoms. The average Bonchev–Trinajstić information content (AvgIpc) is 3.18. The number of nitrogens with one attached hydrogen (secondary N) is 1. The quantitative estimate of drug-likeness (QED) is 0.885. The van der Waals surface area contributed by atoms with Crippen molar-refractivity contribution in [3.63, 3.8) is 0 Å². The molecule has 1 unspecified atom stereocenters. The van der Waals surface area contributed by atoms with Crippen LogP contribution in [0.15, 0.2) is 36.7 Å². The maximum Gasteiger partial charge on any atom is 0.0521 e. The molecule has 106 valence electrons. The van der Waals surface area contributed by atoms with Gasteiger partial charge in [0.1, 0.15) is 0 Å². The zero-order chi connectivity index (χ0) is 13.9. The summed E-state index contributed by atoms with van der Waals surface area (Å²) in [6.07, 6.45) is 7.70. The third kappa shape index (κ3) is 3.62. The summed E-state index contributed by atoms with van der Waals surface area (Å²) in [6, 6.07) is 8.96. The van der Waals surface area contributed by atoms with Crippen molar-refractivity contribution in [1.82, 2.24) is 15.1 Å². The Bertz CT molecular complexity index is 557. The number of aromatic nitrogens is 2. The van der Waals surface area contributed by atoms with Crippen LogP contribution in [0.5, 0.6) is 0 Å². The Balaban J connectivity index is 1.73. The lowest BCUT2D eigenvalue weighted by molar-refractivity contribution is 0.577. The van der Waals surface area contributed by atoms with Crippen LogP contribution in [0.4, 0.5) is 0 Å². The Morgan fingerprint density at radius 1 is 1.35 bits per heavy atom. The van der Waals surface area contributed by atoms with Gasteiger partial charge in [-0.3, -0.25) is 4.68 Å². The third-order valence-corrected chi connectivity index (χ3v) is 4.06. The third-order valence-electron chi connectivity index (χ3n) is 3.81. The van der Waals surface area contributed by atoms with Crippen LogP contribution in [0.2, 0.25) is 5.02 Å². The summed E-state index contributed by atoms with van der Waals surface area (Å²) < 4.78 is 1.86. The molecule has 1 aliphatic rings. The molecule has 1 fully saturated rings. The first-order chi connectivity index (χ1) is 9.70. The molecule has 2 aromatic rings. The molecule has 4 heteroatoms. The Hall–Kier alpha value is -1.32. The SMILES string of the molecule is Cn1cc(CC(CNC2CC2)c2ccc(Cl)cc2)cn1. The van der Waals surface area contributed by atoms with E-state index in [0.29, 0.717) is 5.92 Å². The Morgan fingerprint density at radius 2 is 2.10 bits per heavy atom. The summed E-state index contributed by atoms with van der Waals surface area (Å²) in [5.74, 6) is 0.470. The normalized spacial score (nSPS) is 16.3. The van der Waals surface area contributed by atoms with Crippen molar-refractivity contribution >= 4 is 11.6 Å². The van der Waals surface area contributed by atoms with Crippen molar-refractivity contribution in [3.05, 3.63) is 52.8 Å². The molecule has 1 saturated carbocycles. The van der Waals surface area contributed by atoms with Gasteiger partial charge in [-0.2, -0.15) is 5.10 Å². The summed E-state index contributed by atoms with van der Waals surface area (Å²) in [4.78, 5) is 0. The summed E-state index contributed by atoms with van der Waals surface area (Å²) in [5.41, 5.74) is 2.62. The van der Waals surface area contributed by atoms with Gasteiger partial charge in [0, 0.05) is 36.8 Å². The lowest BCUT2D eigenvalue weighted by Gasteiger charge is -2.17. The number of hydrogen-bond donors (Lipinski definition) is 1. The fourth-order valence-corrected chi connectivity index (χ4v) is 2.63. The second-order valence-corrected chi connectivity index (χ2v) is 6.09. The van der Waals surface area contributed by atoms with E-state index in [0.717, 1.165) is 24.0 Å². The minimum absolute atomic E-state index is 0.470. The van der Waals surface area contributed by atoms with Crippen LogP contribution in [-0.2, 0) is 13.5 Å². The van der Waals surface area contributed by atoms with Gasteiger partial charge in [-0.05, 0) is 42.5 Å². The van der Waals surface area contributed by atoms with E-state index in [9.17, 15) is 0 Å². The van der Waals surface area contributed by atoms with Gasteiger partial charge in [-0.25, -0.2) is 0 Å². The highest BCUT2D eigenvalue weighted by molar-refractivity contribution is 6.30. The average molecular weight is 290 g/mol. The van der Waals surface area contributed by atoms with Crippen LogP contribution in [0.3, 0.4) is 0 Å². The first kappa shape index (κ1) is 13.7. The van der Waals surface area contributed by atoms with Crippen LogP contribution in [0.25, 0.3) is 0 Å². The Morgan fingerprint density at radius 3 is 2.70 bits per heavy atom. The van der Waals surface area contributed by atoms with Crippen molar-refractivity contribution in [2.24, 2.45) is 7.05 Å². The molecule has 0 amide bonds. The van der Waals surface area contributed by atoms with E-state index in [1.807, 2.05) is 30.1 Å². The number of benzene rings is 1. The van der Waals surface area contributed by atoms with Crippen molar-refractivity contribution < 1.29 is 0 Å².